The first kappa shape index (κ1) is 16.4. The van der Waals surface area contributed by atoms with Crippen LogP contribution in [0.25, 0.3) is 0 Å². The number of nitrogens with one attached hydrogen (secondary N) is 1. The standard InChI is InChI=1S/C20H20N2O4/c23-19-13-26-18-12-15(21-20(24)14-6-7-14)8-9-17(18)22(19)10-11-25-16-4-2-1-3-5-16/h1-5,8-9,12,14H,6-7,10-11,13H2,(H,21,24). The predicted molar refractivity (Wildman–Crippen MR) is 97.6 cm³/mol. The summed E-state index contributed by atoms with van der Waals surface area (Å²) in [4.78, 5) is 25.8. The highest BCUT2D eigenvalue weighted by Crippen LogP contribution is 2.35. The Morgan fingerprint density at radius 1 is 1.19 bits per heavy atom. The van der Waals surface area contributed by atoms with Crippen molar-refractivity contribution in [3.8, 4) is 11.5 Å². The Balaban J connectivity index is 1.43. The van der Waals surface area contributed by atoms with Crippen LogP contribution in [0.3, 0.4) is 0 Å². The second kappa shape index (κ2) is 7.07. The number of hydrogen-bond acceptors (Lipinski definition) is 4. The third-order valence-corrected chi connectivity index (χ3v) is 4.45. The van der Waals surface area contributed by atoms with Gasteiger partial charge in [0, 0.05) is 17.7 Å². The van der Waals surface area contributed by atoms with Gasteiger partial charge in [0.05, 0.1) is 12.2 Å². The fraction of sp³-hybridized carbons (Fsp3) is 0.300. The zero-order valence-electron chi connectivity index (χ0n) is 14.3. The number of nitrogens with zero attached hydrogens (tertiary/aromatic N) is 1. The number of anilines is 2. The second-order valence-electron chi connectivity index (χ2n) is 6.44. The lowest BCUT2D eigenvalue weighted by atomic mass is 10.2. The van der Waals surface area contributed by atoms with Crippen molar-refractivity contribution in [1.82, 2.24) is 0 Å². The highest BCUT2D eigenvalue weighted by molar-refractivity contribution is 5.99. The van der Waals surface area contributed by atoms with Gasteiger partial charge in [0.25, 0.3) is 5.91 Å². The first-order valence-corrected chi connectivity index (χ1v) is 8.76. The normalized spacial score (nSPS) is 15.8. The van der Waals surface area contributed by atoms with E-state index in [0.29, 0.717) is 30.3 Å². The summed E-state index contributed by atoms with van der Waals surface area (Å²) >= 11 is 0. The van der Waals surface area contributed by atoms with Crippen LogP contribution in [0.2, 0.25) is 0 Å². The van der Waals surface area contributed by atoms with Gasteiger partial charge in [0.2, 0.25) is 5.91 Å². The number of ether oxygens (including phenoxy) is 2. The van der Waals surface area contributed by atoms with Crippen molar-refractivity contribution >= 4 is 23.2 Å². The highest BCUT2D eigenvalue weighted by atomic mass is 16.5. The van der Waals surface area contributed by atoms with E-state index in [9.17, 15) is 9.59 Å². The van der Waals surface area contributed by atoms with Crippen LogP contribution in [0.4, 0.5) is 11.4 Å². The first-order valence-electron chi connectivity index (χ1n) is 8.76. The molecule has 2 aliphatic rings. The van der Waals surface area contributed by atoms with E-state index in [2.05, 4.69) is 5.32 Å². The summed E-state index contributed by atoms with van der Waals surface area (Å²) in [5.74, 6) is 1.44. The van der Waals surface area contributed by atoms with Crippen LogP contribution in [0.5, 0.6) is 11.5 Å². The molecular formula is C20H20N2O4. The van der Waals surface area contributed by atoms with E-state index in [1.165, 1.54) is 0 Å². The number of hydrogen-bond donors (Lipinski definition) is 1. The Hall–Kier alpha value is -3.02. The van der Waals surface area contributed by atoms with Crippen molar-refractivity contribution in [2.75, 3.05) is 30.0 Å². The van der Waals surface area contributed by atoms with Gasteiger partial charge in [-0.25, -0.2) is 0 Å². The number of benzene rings is 2. The van der Waals surface area contributed by atoms with Crippen molar-refractivity contribution in [2.45, 2.75) is 12.8 Å². The average Bonchev–Trinajstić information content (AvgIpc) is 3.50. The quantitative estimate of drug-likeness (QED) is 0.868. The van der Waals surface area contributed by atoms with E-state index < -0.39 is 0 Å². The minimum atomic E-state index is -0.107. The minimum absolute atomic E-state index is 0.0155. The first-order chi connectivity index (χ1) is 12.7. The molecule has 6 nitrogen and oxygen atoms in total. The molecule has 2 aromatic rings. The number of carbonyl (C=O) groups is 2. The van der Waals surface area contributed by atoms with Gasteiger partial charge in [-0.15, -0.1) is 0 Å². The number of rotatable bonds is 6. The molecule has 1 fully saturated rings. The molecule has 134 valence electrons. The summed E-state index contributed by atoms with van der Waals surface area (Å²) in [5.41, 5.74) is 1.39. The minimum Gasteiger partial charge on any atom is -0.492 e. The molecule has 0 unspecified atom stereocenters. The van der Waals surface area contributed by atoms with Gasteiger partial charge in [-0.1, -0.05) is 18.2 Å². The van der Waals surface area contributed by atoms with Crippen LogP contribution >= 0.6 is 0 Å². The van der Waals surface area contributed by atoms with Gasteiger partial charge < -0.3 is 19.7 Å². The van der Waals surface area contributed by atoms with Crippen LogP contribution in [0.1, 0.15) is 12.8 Å². The third-order valence-electron chi connectivity index (χ3n) is 4.45. The summed E-state index contributed by atoms with van der Waals surface area (Å²) in [6, 6.07) is 14.9. The van der Waals surface area contributed by atoms with E-state index >= 15 is 0 Å². The topological polar surface area (TPSA) is 67.9 Å². The monoisotopic (exact) mass is 352 g/mol. The predicted octanol–water partition coefficient (Wildman–Crippen LogP) is 2.84. The molecule has 1 aliphatic carbocycles. The van der Waals surface area contributed by atoms with Crippen LogP contribution in [0, 0.1) is 5.92 Å². The zero-order chi connectivity index (χ0) is 17.9. The Morgan fingerprint density at radius 2 is 2.00 bits per heavy atom. The molecule has 0 spiro atoms. The van der Waals surface area contributed by atoms with E-state index in [1.54, 1.807) is 23.1 Å². The van der Waals surface area contributed by atoms with Gasteiger partial charge in [0.1, 0.15) is 18.1 Å². The van der Waals surface area contributed by atoms with E-state index in [1.807, 2.05) is 30.3 Å². The lowest BCUT2D eigenvalue weighted by Gasteiger charge is -2.29. The molecule has 0 radical (unpaired) electrons. The fourth-order valence-electron chi connectivity index (χ4n) is 2.89. The molecule has 0 aromatic heterocycles. The molecule has 1 heterocycles. The SMILES string of the molecule is O=C(Nc1ccc2c(c1)OCC(=O)N2CCOc1ccccc1)C1CC1. The van der Waals surface area contributed by atoms with Crippen LogP contribution in [-0.4, -0.2) is 31.6 Å². The Kier molecular flexibility index (Phi) is 4.48. The second-order valence-corrected chi connectivity index (χ2v) is 6.44. The summed E-state index contributed by atoms with van der Waals surface area (Å²) in [6.07, 6.45) is 1.91. The molecular weight excluding hydrogens is 332 g/mol. The fourth-order valence-corrected chi connectivity index (χ4v) is 2.89. The summed E-state index contributed by atoms with van der Waals surface area (Å²) < 4.78 is 11.2. The Bertz CT molecular complexity index is 818. The molecule has 26 heavy (non-hydrogen) atoms. The highest BCUT2D eigenvalue weighted by Gasteiger charge is 2.30. The molecule has 4 rings (SSSR count). The Morgan fingerprint density at radius 3 is 2.77 bits per heavy atom. The molecule has 0 atom stereocenters. The lowest BCUT2D eigenvalue weighted by molar-refractivity contribution is -0.121. The van der Waals surface area contributed by atoms with Gasteiger partial charge in [-0.05, 0) is 37.1 Å². The third kappa shape index (κ3) is 3.64. The van der Waals surface area contributed by atoms with Crippen molar-refractivity contribution in [3.05, 3.63) is 48.5 Å². The van der Waals surface area contributed by atoms with Crippen molar-refractivity contribution in [3.63, 3.8) is 0 Å². The van der Waals surface area contributed by atoms with Gasteiger partial charge in [-0.2, -0.15) is 0 Å². The lowest BCUT2D eigenvalue weighted by Crippen LogP contribution is -2.41. The van der Waals surface area contributed by atoms with E-state index in [4.69, 9.17) is 9.47 Å². The summed E-state index contributed by atoms with van der Waals surface area (Å²) in [5, 5.41) is 2.90. The maximum absolute atomic E-state index is 12.2. The molecule has 0 saturated heterocycles. The summed E-state index contributed by atoms with van der Waals surface area (Å²) in [7, 11) is 0. The maximum Gasteiger partial charge on any atom is 0.265 e. The number of amides is 2. The van der Waals surface area contributed by atoms with Gasteiger partial charge in [-0.3, -0.25) is 9.59 Å². The van der Waals surface area contributed by atoms with Gasteiger partial charge in [0.15, 0.2) is 6.61 Å². The number of carbonyl (C=O) groups excluding carboxylic acids is 2. The van der Waals surface area contributed by atoms with Crippen LogP contribution < -0.4 is 19.7 Å². The van der Waals surface area contributed by atoms with E-state index in [0.717, 1.165) is 18.6 Å². The van der Waals surface area contributed by atoms with Crippen LogP contribution in [-0.2, 0) is 9.59 Å². The maximum atomic E-state index is 12.2. The van der Waals surface area contributed by atoms with Crippen molar-refractivity contribution < 1.29 is 19.1 Å². The average molecular weight is 352 g/mol. The summed E-state index contributed by atoms with van der Waals surface area (Å²) in [6.45, 7) is 0.797. The largest absolute Gasteiger partial charge is 0.492 e. The molecule has 1 N–H and O–H groups in total. The molecule has 1 saturated carbocycles. The number of fused-ring (bicyclic) bond motifs is 1. The molecule has 0 bridgehead atoms. The Labute approximate surface area is 151 Å². The zero-order valence-corrected chi connectivity index (χ0v) is 14.3. The molecule has 1 aliphatic heterocycles. The van der Waals surface area contributed by atoms with E-state index in [-0.39, 0.29) is 24.3 Å². The smallest absolute Gasteiger partial charge is 0.265 e. The van der Waals surface area contributed by atoms with Gasteiger partial charge >= 0.3 is 0 Å². The molecule has 2 amide bonds. The number of para-hydroxylation sites is 1. The van der Waals surface area contributed by atoms with Crippen molar-refractivity contribution in [1.29, 1.82) is 0 Å². The van der Waals surface area contributed by atoms with Crippen LogP contribution in [0.15, 0.2) is 48.5 Å². The molecule has 6 heteroatoms. The molecule has 2 aromatic carbocycles. The van der Waals surface area contributed by atoms with Crippen molar-refractivity contribution in [2.24, 2.45) is 5.92 Å².